The molecule has 0 radical (unpaired) electrons. The third kappa shape index (κ3) is 4.02. The molecule has 2 aromatic carbocycles. The summed E-state index contributed by atoms with van der Waals surface area (Å²) in [6.07, 6.45) is 6.04. The second-order valence-corrected chi connectivity index (χ2v) is 10.2. The van der Waals surface area contributed by atoms with Gasteiger partial charge in [0.2, 0.25) is 5.91 Å². The number of hydrogen-bond acceptors (Lipinski definition) is 2. The van der Waals surface area contributed by atoms with Gasteiger partial charge in [-0.15, -0.1) is 0 Å². The first-order chi connectivity index (χ1) is 14.0. The Kier molecular flexibility index (Phi) is 5.86. The number of aryl methyl sites for hydroxylation is 1. The van der Waals surface area contributed by atoms with Gasteiger partial charge in [-0.25, -0.2) is 4.39 Å². The molecule has 1 aliphatic heterocycles. The van der Waals surface area contributed by atoms with Crippen molar-refractivity contribution in [2.24, 2.45) is 5.92 Å². The van der Waals surface area contributed by atoms with Gasteiger partial charge in [0.1, 0.15) is 5.82 Å². The molecule has 0 spiro atoms. The van der Waals surface area contributed by atoms with Crippen LogP contribution in [0.3, 0.4) is 0 Å². The van der Waals surface area contributed by atoms with Crippen LogP contribution in [0.1, 0.15) is 49.7 Å². The number of hydrogen-bond donors (Lipinski definition) is 0. The average molecular weight is 414 g/mol. The van der Waals surface area contributed by atoms with Crippen LogP contribution in [0.15, 0.2) is 53.4 Å². The molecule has 1 heterocycles. The Morgan fingerprint density at radius 2 is 1.69 bits per heavy atom. The zero-order valence-corrected chi connectivity index (χ0v) is 17.7. The summed E-state index contributed by atoms with van der Waals surface area (Å²) in [6, 6.07) is 14.1. The molecule has 1 aliphatic carbocycles. The number of carbonyl (C=O) groups excluding carboxylic acids is 1. The monoisotopic (exact) mass is 413 g/mol. The van der Waals surface area contributed by atoms with Crippen LogP contribution < -0.4 is 0 Å². The van der Waals surface area contributed by atoms with E-state index < -0.39 is 15.5 Å². The molecule has 2 fully saturated rings. The highest BCUT2D eigenvalue weighted by Crippen LogP contribution is 2.42. The van der Waals surface area contributed by atoms with Gasteiger partial charge in [0.25, 0.3) is 0 Å². The highest BCUT2D eigenvalue weighted by molar-refractivity contribution is 7.86. The van der Waals surface area contributed by atoms with Crippen LogP contribution in [0.25, 0.3) is 0 Å². The molecule has 2 aliphatic rings. The molecule has 1 saturated heterocycles. The maximum absolute atomic E-state index is 13.8. The Hall–Kier alpha value is -2.01. The fraction of sp³-hybridized carbons (Fsp3) is 0.458. The van der Waals surface area contributed by atoms with Crippen LogP contribution in [0, 0.1) is 18.7 Å². The van der Waals surface area contributed by atoms with Crippen LogP contribution >= 0.6 is 0 Å². The van der Waals surface area contributed by atoms with Gasteiger partial charge in [-0.1, -0.05) is 49.1 Å². The predicted octanol–water partition coefficient (Wildman–Crippen LogP) is 4.95. The Bertz CT molecular complexity index is 890. The molecule has 4 rings (SSSR count). The van der Waals surface area contributed by atoms with E-state index in [-0.39, 0.29) is 17.6 Å². The molecule has 3 nitrogen and oxygen atoms in total. The van der Waals surface area contributed by atoms with E-state index in [9.17, 15) is 13.4 Å². The van der Waals surface area contributed by atoms with E-state index in [0.717, 1.165) is 36.8 Å². The molecule has 2 aromatic rings. The number of carbonyl (C=O) groups is 1. The summed E-state index contributed by atoms with van der Waals surface area (Å²) >= 11 is 0. The summed E-state index contributed by atoms with van der Waals surface area (Å²) < 4.78 is 26.5. The van der Waals surface area contributed by atoms with Crippen molar-refractivity contribution in [3.05, 3.63) is 65.5 Å². The Morgan fingerprint density at radius 1 is 1.03 bits per heavy atom. The molecule has 1 saturated carbocycles. The van der Waals surface area contributed by atoms with Crippen molar-refractivity contribution >= 4 is 16.7 Å². The topological polar surface area (TPSA) is 37.4 Å². The number of benzene rings is 2. The van der Waals surface area contributed by atoms with Gasteiger partial charge in [-0.2, -0.15) is 0 Å². The molecule has 29 heavy (non-hydrogen) atoms. The molecule has 2 atom stereocenters. The molecule has 0 bridgehead atoms. The van der Waals surface area contributed by atoms with Crippen molar-refractivity contribution < 1.29 is 13.4 Å². The zero-order valence-electron chi connectivity index (χ0n) is 16.9. The Labute approximate surface area is 174 Å². The fourth-order valence-corrected chi connectivity index (χ4v) is 6.45. The van der Waals surface area contributed by atoms with E-state index in [1.54, 1.807) is 12.1 Å². The summed E-state index contributed by atoms with van der Waals surface area (Å²) in [6.45, 7) is 3.10. The zero-order chi connectivity index (χ0) is 20.4. The molecule has 1 amide bonds. The van der Waals surface area contributed by atoms with E-state index in [0.29, 0.717) is 24.4 Å². The van der Waals surface area contributed by atoms with Gasteiger partial charge in [-0.3, -0.25) is 9.00 Å². The molecular weight excluding hydrogens is 385 g/mol. The number of nitrogens with zero attached hydrogens (tertiary/aromatic N) is 1. The fourth-order valence-electron chi connectivity index (χ4n) is 4.71. The standard InChI is InChI=1S/C24H28FNO2S/c1-18-7-9-20(10-8-18)24(29(28)22-13-11-21(25)12-14-22)15-16-26(17-24)23(27)19-5-3-2-4-6-19/h7-14,19H,2-6,15-17H2,1H3/t24-,29?/m0/s1. The van der Waals surface area contributed by atoms with Crippen molar-refractivity contribution in [3.8, 4) is 0 Å². The molecule has 5 heteroatoms. The lowest BCUT2D eigenvalue weighted by Crippen LogP contribution is -2.40. The molecule has 154 valence electrons. The van der Waals surface area contributed by atoms with Crippen LogP contribution in [-0.4, -0.2) is 28.1 Å². The van der Waals surface area contributed by atoms with Gasteiger partial charge in [0, 0.05) is 23.9 Å². The van der Waals surface area contributed by atoms with E-state index in [4.69, 9.17) is 0 Å². The highest BCUT2D eigenvalue weighted by Gasteiger charge is 2.47. The molecule has 0 N–H and O–H groups in total. The summed E-state index contributed by atoms with van der Waals surface area (Å²) in [5, 5.41) is 0. The lowest BCUT2D eigenvalue weighted by atomic mass is 9.88. The van der Waals surface area contributed by atoms with Gasteiger partial charge in [0.15, 0.2) is 0 Å². The van der Waals surface area contributed by atoms with Crippen LogP contribution in [0.4, 0.5) is 4.39 Å². The van der Waals surface area contributed by atoms with Gasteiger partial charge < -0.3 is 4.90 Å². The predicted molar refractivity (Wildman–Crippen MR) is 113 cm³/mol. The Balaban J connectivity index is 1.66. The number of halogens is 1. The summed E-state index contributed by atoms with van der Waals surface area (Å²) in [5.74, 6) is -0.0118. The van der Waals surface area contributed by atoms with Crippen molar-refractivity contribution in [2.75, 3.05) is 13.1 Å². The smallest absolute Gasteiger partial charge is 0.225 e. The summed E-state index contributed by atoms with van der Waals surface area (Å²) in [4.78, 5) is 15.7. The molecule has 1 unspecified atom stereocenters. The van der Waals surface area contributed by atoms with Crippen molar-refractivity contribution in [3.63, 3.8) is 0 Å². The first kappa shape index (κ1) is 20.3. The maximum Gasteiger partial charge on any atom is 0.225 e. The second-order valence-electron chi connectivity index (χ2n) is 8.43. The first-order valence-electron chi connectivity index (χ1n) is 10.5. The lowest BCUT2D eigenvalue weighted by molar-refractivity contribution is -0.135. The molecular formula is C24H28FNO2S. The van der Waals surface area contributed by atoms with Crippen molar-refractivity contribution in [2.45, 2.75) is 55.1 Å². The average Bonchev–Trinajstić information content (AvgIpc) is 3.21. The van der Waals surface area contributed by atoms with Gasteiger partial charge in [-0.05, 0) is 56.0 Å². The van der Waals surface area contributed by atoms with E-state index in [2.05, 4.69) is 0 Å². The van der Waals surface area contributed by atoms with E-state index >= 15 is 0 Å². The quantitative estimate of drug-likeness (QED) is 0.711. The second kappa shape index (κ2) is 8.39. The SMILES string of the molecule is Cc1ccc([C@]2(S(=O)c3ccc(F)cc3)CCN(C(=O)C3CCCCC3)C2)cc1. The van der Waals surface area contributed by atoms with Crippen molar-refractivity contribution in [1.82, 2.24) is 4.90 Å². The van der Waals surface area contributed by atoms with E-state index in [1.165, 1.54) is 18.6 Å². The number of likely N-dealkylation sites (tertiary alicyclic amines) is 1. The van der Waals surface area contributed by atoms with Crippen LogP contribution in [0.2, 0.25) is 0 Å². The first-order valence-corrected chi connectivity index (χ1v) is 11.7. The van der Waals surface area contributed by atoms with Gasteiger partial charge >= 0.3 is 0 Å². The van der Waals surface area contributed by atoms with Crippen LogP contribution in [0.5, 0.6) is 0 Å². The number of rotatable bonds is 4. The normalized spacial score (nSPS) is 23.9. The van der Waals surface area contributed by atoms with Crippen LogP contribution in [-0.2, 0) is 20.3 Å². The van der Waals surface area contributed by atoms with Crippen molar-refractivity contribution in [1.29, 1.82) is 0 Å². The highest BCUT2D eigenvalue weighted by atomic mass is 32.2. The third-order valence-electron chi connectivity index (χ3n) is 6.46. The largest absolute Gasteiger partial charge is 0.341 e. The lowest BCUT2D eigenvalue weighted by Gasteiger charge is -2.31. The minimum atomic E-state index is -1.39. The third-order valence-corrected chi connectivity index (χ3v) is 8.44. The Morgan fingerprint density at radius 3 is 2.34 bits per heavy atom. The summed E-state index contributed by atoms with van der Waals surface area (Å²) in [7, 11) is -1.39. The number of amides is 1. The minimum absolute atomic E-state index is 0.108. The van der Waals surface area contributed by atoms with Gasteiger partial charge in [0.05, 0.1) is 15.5 Å². The van der Waals surface area contributed by atoms with E-state index in [1.807, 2.05) is 36.1 Å². The maximum atomic E-state index is 13.8. The molecule has 0 aromatic heterocycles. The minimum Gasteiger partial charge on any atom is -0.341 e. The summed E-state index contributed by atoms with van der Waals surface area (Å²) in [5.41, 5.74) is 2.13.